The van der Waals surface area contributed by atoms with E-state index in [1.165, 1.54) is 21.8 Å². The molecule has 0 saturated carbocycles. The summed E-state index contributed by atoms with van der Waals surface area (Å²) in [4.78, 5) is 14.0. The van der Waals surface area contributed by atoms with E-state index in [4.69, 9.17) is 0 Å². The second-order valence-electron chi connectivity index (χ2n) is 6.77. The third-order valence-electron chi connectivity index (χ3n) is 4.69. The zero-order valence-corrected chi connectivity index (χ0v) is 17.3. The number of para-hydroxylation sites is 1. The Morgan fingerprint density at radius 3 is 2.68 bits per heavy atom. The Morgan fingerprint density at radius 1 is 1.25 bits per heavy atom. The number of amides is 1. The maximum atomic E-state index is 14.1. The van der Waals surface area contributed by atoms with E-state index in [2.05, 4.69) is 30.3 Å². The highest BCUT2D eigenvalue weighted by atomic mass is 32.2. The Balaban J connectivity index is 1.80. The molecular formula is C22H24FN3OS. The standard InChI is InChI=1S/C22H24FN3OS/c1-5-15(3)28-17-10-11-20(14(2)12-17)25-22(27)18-13-24-26(16(18)4)21-9-7-6-8-19(21)23/h6-13,15H,5H2,1-4H3,(H,25,27). The quantitative estimate of drug-likeness (QED) is 0.537. The molecule has 0 radical (unpaired) electrons. The van der Waals surface area contributed by atoms with Crippen LogP contribution in [0.15, 0.2) is 53.6 Å². The highest BCUT2D eigenvalue weighted by Gasteiger charge is 2.17. The molecule has 0 bridgehead atoms. The molecule has 1 aromatic heterocycles. The van der Waals surface area contributed by atoms with Crippen LogP contribution in [-0.4, -0.2) is 20.9 Å². The number of carbonyl (C=O) groups is 1. The zero-order valence-electron chi connectivity index (χ0n) is 16.5. The fourth-order valence-corrected chi connectivity index (χ4v) is 3.88. The Kier molecular flexibility index (Phi) is 6.19. The summed E-state index contributed by atoms with van der Waals surface area (Å²) in [6.07, 6.45) is 2.58. The molecule has 1 amide bonds. The zero-order chi connectivity index (χ0) is 20.3. The molecule has 146 valence electrons. The molecule has 0 saturated heterocycles. The first kappa shape index (κ1) is 20.1. The first-order valence-corrected chi connectivity index (χ1v) is 10.2. The summed E-state index contributed by atoms with van der Waals surface area (Å²) in [5, 5.41) is 7.69. The summed E-state index contributed by atoms with van der Waals surface area (Å²) < 4.78 is 15.5. The first-order chi connectivity index (χ1) is 13.4. The van der Waals surface area contributed by atoms with Crippen molar-refractivity contribution >= 4 is 23.4 Å². The second-order valence-corrected chi connectivity index (χ2v) is 8.29. The normalized spacial score (nSPS) is 12.0. The Hall–Kier alpha value is -2.60. The molecule has 1 atom stereocenters. The molecule has 4 nitrogen and oxygen atoms in total. The SMILES string of the molecule is CCC(C)Sc1ccc(NC(=O)c2cnn(-c3ccccc3F)c2C)c(C)c1. The van der Waals surface area contributed by atoms with Crippen molar-refractivity contribution in [2.45, 2.75) is 44.3 Å². The van der Waals surface area contributed by atoms with Crippen molar-refractivity contribution in [2.75, 3.05) is 5.32 Å². The van der Waals surface area contributed by atoms with Crippen molar-refractivity contribution in [3.8, 4) is 5.69 Å². The Labute approximate surface area is 169 Å². The molecule has 0 aliphatic carbocycles. The Bertz CT molecular complexity index is 999. The number of thioether (sulfide) groups is 1. The van der Waals surface area contributed by atoms with Gasteiger partial charge in [-0.2, -0.15) is 5.10 Å². The number of halogens is 1. The van der Waals surface area contributed by atoms with Crippen molar-refractivity contribution in [3.63, 3.8) is 0 Å². The molecule has 28 heavy (non-hydrogen) atoms. The minimum absolute atomic E-state index is 0.259. The van der Waals surface area contributed by atoms with E-state index in [9.17, 15) is 9.18 Å². The van der Waals surface area contributed by atoms with Gasteiger partial charge in [-0.15, -0.1) is 11.8 Å². The van der Waals surface area contributed by atoms with Crippen LogP contribution in [0.2, 0.25) is 0 Å². The van der Waals surface area contributed by atoms with Gasteiger partial charge in [-0.3, -0.25) is 4.79 Å². The summed E-state index contributed by atoms with van der Waals surface area (Å²) in [7, 11) is 0. The average Bonchev–Trinajstić information content (AvgIpc) is 3.05. The number of aromatic nitrogens is 2. The average molecular weight is 398 g/mol. The summed E-state index contributed by atoms with van der Waals surface area (Å²) >= 11 is 1.82. The lowest BCUT2D eigenvalue weighted by Gasteiger charge is -2.12. The van der Waals surface area contributed by atoms with E-state index in [-0.39, 0.29) is 11.7 Å². The number of hydrogen-bond acceptors (Lipinski definition) is 3. The highest BCUT2D eigenvalue weighted by Crippen LogP contribution is 2.29. The molecule has 1 unspecified atom stereocenters. The molecular weight excluding hydrogens is 373 g/mol. The lowest BCUT2D eigenvalue weighted by Crippen LogP contribution is -2.14. The van der Waals surface area contributed by atoms with E-state index in [1.54, 1.807) is 25.1 Å². The van der Waals surface area contributed by atoms with Crippen LogP contribution in [-0.2, 0) is 0 Å². The van der Waals surface area contributed by atoms with Gasteiger partial charge in [-0.25, -0.2) is 9.07 Å². The van der Waals surface area contributed by atoms with Gasteiger partial charge in [0.05, 0.1) is 17.5 Å². The van der Waals surface area contributed by atoms with E-state index in [1.807, 2.05) is 30.8 Å². The molecule has 1 N–H and O–H groups in total. The van der Waals surface area contributed by atoms with Gasteiger partial charge in [-0.1, -0.05) is 26.0 Å². The minimum atomic E-state index is -0.383. The fourth-order valence-electron chi connectivity index (χ4n) is 2.85. The van der Waals surface area contributed by atoms with Crippen LogP contribution in [0.25, 0.3) is 5.69 Å². The summed E-state index contributed by atoms with van der Waals surface area (Å²) in [5.41, 5.74) is 3.09. The van der Waals surface area contributed by atoms with Crippen molar-refractivity contribution in [3.05, 3.63) is 71.3 Å². The molecule has 0 aliphatic rings. The Morgan fingerprint density at radius 2 is 2.00 bits per heavy atom. The summed E-state index contributed by atoms with van der Waals surface area (Å²) in [5.74, 6) is -0.642. The molecule has 3 rings (SSSR count). The van der Waals surface area contributed by atoms with Crippen LogP contribution >= 0.6 is 11.8 Å². The summed E-state index contributed by atoms with van der Waals surface area (Å²) in [6, 6.07) is 12.4. The minimum Gasteiger partial charge on any atom is -0.322 e. The predicted octanol–water partition coefficient (Wildman–Crippen LogP) is 5.77. The summed E-state index contributed by atoms with van der Waals surface area (Å²) in [6.45, 7) is 8.10. The molecule has 0 spiro atoms. The van der Waals surface area contributed by atoms with Crippen LogP contribution in [0.5, 0.6) is 0 Å². The molecule has 0 fully saturated rings. The van der Waals surface area contributed by atoms with E-state index in [0.29, 0.717) is 22.2 Å². The van der Waals surface area contributed by atoms with Gasteiger partial charge in [0.15, 0.2) is 0 Å². The number of anilines is 1. The van der Waals surface area contributed by atoms with Crippen LogP contribution in [0.4, 0.5) is 10.1 Å². The fraction of sp³-hybridized carbons (Fsp3) is 0.273. The maximum Gasteiger partial charge on any atom is 0.259 e. The van der Waals surface area contributed by atoms with Crippen LogP contribution in [0.1, 0.15) is 41.9 Å². The lowest BCUT2D eigenvalue weighted by atomic mass is 10.2. The van der Waals surface area contributed by atoms with Gasteiger partial charge in [0, 0.05) is 15.8 Å². The van der Waals surface area contributed by atoms with Crippen molar-refractivity contribution in [2.24, 2.45) is 0 Å². The molecule has 6 heteroatoms. The van der Waals surface area contributed by atoms with Gasteiger partial charge in [-0.05, 0) is 56.2 Å². The first-order valence-electron chi connectivity index (χ1n) is 9.29. The second kappa shape index (κ2) is 8.61. The van der Waals surface area contributed by atoms with Gasteiger partial charge in [0.1, 0.15) is 11.5 Å². The van der Waals surface area contributed by atoms with Crippen molar-refractivity contribution in [1.29, 1.82) is 0 Å². The number of hydrogen-bond donors (Lipinski definition) is 1. The molecule has 1 heterocycles. The van der Waals surface area contributed by atoms with Gasteiger partial charge in [0.25, 0.3) is 5.91 Å². The number of nitrogens with zero attached hydrogens (tertiary/aromatic N) is 2. The monoisotopic (exact) mass is 397 g/mol. The van der Waals surface area contributed by atoms with E-state index >= 15 is 0 Å². The predicted molar refractivity (Wildman–Crippen MR) is 113 cm³/mol. The molecule has 0 aliphatic heterocycles. The van der Waals surface area contributed by atoms with E-state index < -0.39 is 0 Å². The van der Waals surface area contributed by atoms with Crippen molar-refractivity contribution < 1.29 is 9.18 Å². The van der Waals surface area contributed by atoms with Crippen LogP contribution in [0.3, 0.4) is 0 Å². The third-order valence-corrected chi connectivity index (χ3v) is 5.96. The molecule has 2 aromatic carbocycles. The number of benzene rings is 2. The highest BCUT2D eigenvalue weighted by molar-refractivity contribution is 7.99. The van der Waals surface area contributed by atoms with Crippen LogP contribution in [0, 0.1) is 19.7 Å². The maximum absolute atomic E-state index is 14.1. The van der Waals surface area contributed by atoms with Gasteiger partial charge in [0.2, 0.25) is 0 Å². The van der Waals surface area contributed by atoms with Crippen molar-refractivity contribution in [1.82, 2.24) is 9.78 Å². The number of aryl methyl sites for hydroxylation is 1. The van der Waals surface area contributed by atoms with Gasteiger partial charge >= 0.3 is 0 Å². The van der Waals surface area contributed by atoms with E-state index in [0.717, 1.165) is 17.7 Å². The van der Waals surface area contributed by atoms with Crippen LogP contribution < -0.4 is 5.32 Å². The topological polar surface area (TPSA) is 46.9 Å². The third kappa shape index (κ3) is 4.28. The largest absolute Gasteiger partial charge is 0.322 e. The smallest absolute Gasteiger partial charge is 0.259 e. The number of carbonyl (C=O) groups excluding carboxylic acids is 1. The number of nitrogens with one attached hydrogen (secondary N) is 1. The number of rotatable bonds is 6. The lowest BCUT2D eigenvalue weighted by molar-refractivity contribution is 0.102. The van der Waals surface area contributed by atoms with Gasteiger partial charge < -0.3 is 5.32 Å². The molecule has 3 aromatic rings.